The van der Waals surface area contributed by atoms with Gasteiger partial charge in [0.2, 0.25) is 0 Å². The lowest BCUT2D eigenvalue weighted by atomic mass is 10.1. The molecule has 0 saturated carbocycles. The predicted molar refractivity (Wildman–Crippen MR) is 135 cm³/mol. The SMILES string of the molecule is Cc1ccc(C(=O)N(CCCN)CCCc2nc3onc(C)c3c(=O)n2Cc2ccccc2)cc1. The number of carbonyl (C=O) groups excluding carboxylic acids is 1. The molecule has 0 saturated heterocycles. The van der Waals surface area contributed by atoms with Crippen LogP contribution in [0.2, 0.25) is 0 Å². The Morgan fingerprint density at radius 3 is 2.46 bits per heavy atom. The quantitative estimate of drug-likeness (QED) is 0.378. The van der Waals surface area contributed by atoms with Gasteiger partial charge < -0.3 is 15.2 Å². The molecular weight excluding hydrogens is 442 g/mol. The molecule has 1 amide bonds. The third-order valence-corrected chi connectivity index (χ3v) is 6.08. The van der Waals surface area contributed by atoms with Crippen molar-refractivity contribution in [2.75, 3.05) is 19.6 Å². The Balaban J connectivity index is 1.56. The zero-order valence-electron chi connectivity index (χ0n) is 20.2. The molecule has 0 atom stereocenters. The zero-order valence-corrected chi connectivity index (χ0v) is 20.2. The van der Waals surface area contributed by atoms with Crippen molar-refractivity contribution < 1.29 is 9.32 Å². The van der Waals surface area contributed by atoms with E-state index in [0.29, 0.717) is 61.5 Å². The summed E-state index contributed by atoms with van der Waals surface area (Å²) >= 11 is 0. The highest BCUT2D eigenvalue weighted by atomic mass is 16.5. The molecule has 0 spiro atoms. The summed E-state index contributed by atoms with van der Waals surface area (Å²) in [4.78, 5) is 32.9. The fraction of sp³-hybridized carbons (Fsp3) is 0.333. The fourth-order valence-electron chi connectivity index (χ4n) is 4.13. The first kappa shape index (κ1) is 24.3. The number of amides is 1. The number of carbonyl (C=O) groups is 1. The molecule has 0 fully saturated rings. The maximum atomic E-state index is 13.3. The Morgan fingerprint density at radius 2 is 1.74 bits per heavy atom. The van der Waals surface area contributed by atoms with E-state index in [4.69, 9.17) is 10.3 Å². The molecule has 8 heteroatoms. The zero-order chi connectivity index (χ0) is 24.8. The van der Waals surface area contributed by atoms with Crippen LogP contribution >= 0.6 is 0 Å². The van der Waals surface area contributed by atoms with Gasteiger partial charge in [0.05, 0.1) is 12.2 Å². The highest BCUT2D eigenvalue weighted by molar-refractivity contribution is 5.94. The predicted octanol–water partition coefficient (Wildman–Crippen LogP) is 3.47. The molecule has 8 nitrogen and oxygen atoms in total. The van der Waals surface area contributed by atoms with Gasteiger partial charge in [-0.2, -0.15) is 4.98 Å². The Labute approximate surface area is 204 Å². The molecule has 0 bridgehead atoms. The number of aromatic nitrogens is 3. The molecule has 0 aliphatic heterocycles. The van der Waals surface area contributed by atoms with Gasteiger partial charge >= 0.3 is 0 Å². The standard InChI is InChI=1S/C27H31N5O3/c1-19-11-13-22(14-12-19)26(33)31(17-7-15-28)16-6-10-23-29-25-24(20(2)30-35-25)27(34)32(23)18-21-8-4-3-5-9-21/h3-5,8-9,11-14H,6-7,10,15-18,28H2,1-2H3. The molecule has 0 unspecified atom stereocenters. The van der Waals surface area contributed by atoms with Crippen LogP contribution in [-0.2, 0) is 13.0 Å². The van der Waals surface area contributed by atoms with E-state index in [1.165, 1.54) is 0 Å². The summed E-state index contributed by atoms with van der Waals surface area (Å²) in [6.07, 6.45) is 1.87. The number of fused-ring (bicyclic) bond motifs is 1. The van der Waals surface area contributed by atoms with E-state index in [2.05, 4.69) is 10.1 Å². The van der Waals surface area contributed by atoms with Gasteiger partial charge in [-0.1, -0.05) is 53.2 Å². The van der Waals surface area contributed by atoms with Gasteiger partial charge in [-0.05, 0) is 50.9 Å². The fourth-order valence-corrected chi connectivity index (χ4v) is 4.13. The maximum Gasteiger partial charge on any atom is 0.267 e. The lowest BCUT2D eigenvalue weighted by Crippen LogP contribution is -2.34. The number of rotatable bonds is 10. The van der Waals surface area contributed by atoms with Crippen molar-refractivity contribution in [1.29, 1.82) is 0 Å². The Bertz CT molecular complexity index is 1340. The summed E-state index contributed by atoms with van der Waals surface area (Å²) in [5.74, 6) is 0.596. The first-order chi connectivity index (χ1) is 17.0. The number of hydrogen-bond acceptors (Lipinski definition) is 6. The molecule has 4 rings (SSSR count). The Kier molecular flexibility index (Phi) is 7.72. The molecule has 182 valence electrons. The molecule has 0 aliphatic rings. The summed E-state index contributed by atoms with van der Waals surface area (Å²) in [5, 5.41) is 4.34. The number of nitrogens with zero attached hydrogens (tertiary/aromatic N) is 4. The Morgan fingerprint density at radius 1 is 1.03 bits per heavy atom. The first-order valence-electron chi connectivity index (χ1n) is 11.9. The van der Waals surface area contributed by atoms with E-state index in [0.717, 1.165) is 17.5 Å². The van der Waals surface area contributed by atoms with Gasteiger partial charge in [-0.25, -0.2) is 0 Å². The highest BCUT2D eigenvalue weighted by Crippen LogP contribution is 2.15. The Hall–Kier alpha value is -3.78. The molecule has 2 aromatic heterocycles. The molecule has 0 radical (unpaired) electrons. The minimum absolute atomic E-state index is 0.0191. The number of nitrogens with two attached hydrogens (primary N) is 1. The van der Waals surface area contributed by atoms with Gasteiger partial charge in [0, 0.05) is 25.1 Å². The summed E-state index contributed by atoms with van der Waals surface area (Å²) in [7, 11) is 0. The van der Waals surface area contributed by atoms with E-state index < -0.39 is 0 Å². The molecule has 4 aromatic rings. The smallest absolute Gasteiger partial charge is 0.267 e. The number of benzene rings is 2. The van der Waals surface area contributed by atoms with Crippen LogP contribution < -0.4 is 11.3 Å². The van der Waals surface area contributed by atoms with Crippen molar-refractivity contribution in [3.05, 3.63) is 93.2 Å². The number of aryl methyl sites for hydroxylation is 3. The average Bonchev–Trinajstić information content (AvgIpc) is 3.24. The van der Waals surface area contributed by atoms with Gasteiger partial charge in [-0.15, -0.1) is 0 Å². The normalized spacial score (nSPS) is 11.2. The average molecular weight is 474 g/mol. The summed E-state index contributed by atoms with van der Waals surface area (Å²) in [5.41, 5.74) is 9.11. The van der Waals surface area contributed by atoms with Crippen molar-refractivity contribution in [3.63, 3.8) is 0 Å². The molecule has 2 heterocycles. The van der Waals surface area contributed by atoms with Crippen LogP contribution in [0.25, 0.3) is 11.1 Å². The maximum absolute atomic E-state index is 13.3. The third-order valence-electron chi connectivity index (χ3n) is 6.08. The van der Waals surface area contributed by atoms with Crippen molar-refractivity contribution in [3.8, 4) is 0 Å². The van der Waals surface area contributed by atoms with Gasteiger partial charge in [0.15, 0.2) is 0 Å². The molecule has 2 N–H and O–H groups in total. The van der Waals surface area contributed by atoms with Crippen molar-refractivity contribution >= 4 is 17.0 Å². The van der Waals surface area contributed by atoms with Gasteiger partial charge in [0.25, 0.3) is 17.2 Å². The minimum Gasteiger partial charge on any atom is -0.339 e. The molecule has 2 aromatic carbocycles. The molecule has 35 heavy (non-hydrogen) atoms. The van der Waals surface area contributed by atoms with E-state index in [9.17, 15) is 9.59 Å². The van der Waals surface area contributed by atoms with Gasteiger partial charge in [-0.3, -0.25) is 14.2 Å². The third kappa shape index (κ3) is 5.66. The van der Waals surface area contributed by atoms with Crippen molar-refractivity contribution in [2.24, 2.45) is 5.73 Å². The monoisotopic (exact) mass is 473 g/mol. The topological polar surface area (TPSA) is 107 Å². The van der Waals surface area contributed by atoms with Crippen LogP contribution in [-0.4, -0.2) is 45.1 Å². The molecule has 0 aliphatic carbocycles. The highest BCUT2D eigenvalue weighted by Gasteiger charge is 2.19. The second-order valence-corrected chi connectivity index (χ2v) is 8.76. The molecular formula is C27H31N5O3. The van der Waals surface area contributed by atoms with E-state index in [-0.39, 0.29) is 17.2 Å². The van der Waals surface area contributed by atoms with Crippen LogP contribution in [0.15, 0.2) is 63.9 Å². The minimum atomic E-state index is -0.164. The second kappa shape index (κ2) is 11.1. The van der Waals surface area contributed by atoms with Crippen LogP contribution in [0.4, 0.5) is 0 Å². The van der Waals surface area contributed by atoms with E-state index in [1.807, 2.05) is 66.4 Å². The van der Waals surface area contributed by atoms with Crippen molar-refractivity contribution in [2.45, 2.75) is 39.7 Å². The van der Waals surface area contributed by atoms with E-state index in [1.54, 1.807) is 11.5 Å². The largest absolute Gasteiger partial charge is 0.339 e. The second-order valence-electron chi connectivity index (χ2n) is 8.76. The van der Waals surface area contributed by atoms with Crippen LogP contribution in [0, 0.1) is 13.8 Å². The summed E-state index contributed by atoms with van der Waals surface area (Å²) < 4.78 is 7.00. The number of hydrogen-bond donors (Lipinski definition) is 1. The first-order valence-corrected chi connectivity index (χ1v) is 11.9. The van der Waals surface area contributed by atoms with Crippen LogP contribution in [0.1, 0.15) is 45.8 Å². The van der Waals surface area contributed by atoms with Crippen LogP contribution in [0.5, 0.6) is 0 Å². The van der Waals surface area contributed by atoms with E-state index >= 15 is 0 Å². The summed E-state index contributed by atoms with van der Waals surface area (Å²) in [6, 6.07) is 17.4. The lowest BCUT2D eigenvalue weighted by molar-refractivity contribution is 0.0752. The van der Waals surface area contributed by atoms with Crippen molar-refractivity contribution in [1.82, 2.24) is 19.6 Å². The van der Waals surface area contributed by atoms with Crippen LogP contribution in [0.3, 0.4) is 0 Å². The lowest BCUT2D eigenvalue weighted by Gasteiger charge is -2.23. The van der Waals surface area contributed by atoms with Gasteiger partial charge in [0.1, 0.15) is 11.2 Å². The summed E-state index contributed by atoms with van der Waals surface area (Å²) in [6.45, 7) is 5.76.